The summed E-state index contributed by atoms with van der Waals surface area (Å²) >= 11 is 0. The largest absolute Gasteiger partial charge is 0.455 e. The Bertz CT molecular complexity index is 1670. The normalized spacial score (nSPS) is 12.9. The molecule has 0 amide bonds. The van der Waals surface area contributed by atoms with Gasteiger partial charge < -0.3 is 4.74 Å². The van der Waals surface area contributed by atoms with Gasteiger partial charge in [0.25, 0.3) is 0 Å². The van der Waals surface area contributed by atoms with Gasteiger partial charge in [-0.05, 0) is 76.6 Å². The lowest BCUT2D eigenvalue weighted by Gasteiger charge is -2.25. The van der Waals surface area contributed by atoms with Gasteiger partial charge in [0, 0.05) is 17.0 Å². The highest BCUT2D eigenvalue weighted by molar-refractivity contribution is 6.16. The summed E-state index contributed by atoms with van der Waals surface area (Å²) in [4.78, 5) is 0. The zero-order chi connectivity index (χ0) is 23.9. The summed E-state index contributed by atoms with van der Waals surface area (Å²) in [6, 6.07) is 16.0. The van der Waals surface area contributed by atoms with Crippen LogP contribution in [-0.4, -0.2) is 0 Å². The van der Waals surface area contributed by atoms with Gasteiger partial charge in [-0.1, -0.05) is 45.0 Å². The topological polar surface area (TPSA) is 13.1 Å². The molecule has 2 nitrogen and oxygen atoms in total. The highest BCUT2D eigenvalue weighted by Gasteiger charge is 2.32. The Labute approximate surface area is 199 Å². The number of rotatable bonds is 1. The third-order valence-electron chi connectivity index (χ3n) is 7.18. The standard InChI is InChI=1S/C31H29FNO/c1-17-24-13-19(16-31(3,4)5)7-10-22(24)18(2)30-27(17)29-28-23(11-12-33(29)6)25-15-21(32)9-8-20(25)14-26(28)34-30/h7-15H,16H2,1-6H3/q+1. The van der Waals surface area contributed by atoms with E-state index < -0.39 is 0 Å². The predicted octanol–water partition coefficient (Wildman–Crippen LogP) is 8.09. The fourth-order valence-corrected chi connectivity index (χ4v) is 5.69. The molecule has 0 saturated heterocycles. The van der Waals surface area contributed by atoms with Crippen molar-refractivity contribution in [1.29, 1.82) is 0 Å². The maximum atomic E-state index is 14.2. The van der Waals surface area contributed by atoms with E-state index in [-0.39, 0.29) is 11.2 Å². The molecule has 5 aromatic rings. The molecule has 0 radical (unpaired) electrons. The lowest BCUT2D eigenvalue weighted by Crippen LogP contribution is -2.32. The van der Waals surface area contributed by atoms with Crippen molar-refractivity contribution < 1.29 is 13.7 Å². The molecule has 4 aromatic carbocycles. The SMILES string of the molecule is Cc1c2c(c(C)c3cc(CC(C)(C)C)ccc13)-c1c3c(cc4ccc(F)cc4c3cc[n+]1C)O2. The third kappa shape index (κ3) is 3.03. The zero-order valence-electron chi connectivity index (χ0n) is 20.6. The van der Waals surface area contributed by atoms with Gasteiger partial charge in [0.05, 0.1) is 10.9 Å². The van der Waals surface area contributed by atoms with Crippen LogP contribution in [0.15, 0.2) is 54.7 Å². The minimum absolute atomic E-state index is 0.223. The van der Waals surface area contributed by atoms with Crippen LogP contribution in [0.1, 0.15) is 37.5 Å². The van der Waals surface area contributed by atoms with Gasteiger partial charge in [-0.2, -0.15) is 0 Å². The number of aryl methyl sites for hydroxylation is 3. The van der Waals surface area contributed by atoms with E-state index in [1.807, 2.05) is 6.07 Å². The molecule has 0 aliphatic carbocycles. The molecule has 1 aliphatic heterocycles. The number of hydrogen-bond acceptors (Lipinski definition) is 1. The molecule has 2 heterocycles. The average molecular weight is 451 g/mol. The van der Waals surface area contributed by atoms with E-state index in [4.69, 9.17) is 4.74 Å². The molecule has 34 heavy (non-hydrogen) atoms. The van der Waals surface area contributed by atoms with Gasteiger partial charge in [0.15, 0.2) is 6.20 Å². The van der Waals surface area contributed by atoms with Gasteiger partial charge in [-0.15, -0.1) is 0 Å². The lowest BCUT2D eigenvalue weighted by molar-refractivity contribution is -0.659. The summed E-state index contributed by atoms with van der Waals surface area (Å²) in [5.41, 5.74) is 6.21. The molecule has 0 N–H and O–H groups in total. The Balaban J connectivity index is 1.73. The predicted molar refractivity (Wildman–Crippen MR) is 138 cm³/mol. The van der Waals surface area contributed by atoms with E-state index in [2.05, 4.69) is 82.8 Å². The Kier molecular flexibility index (Phi) is 4.36. The molecule has 0 unspecified atom stereocenters. The van der Waals surface area contributed by atoms with E-state index in [1.165, 1.54) is 28.0 Å². The van der Waals surface area contributed by atoms with Crippen LogP contribution in [0.3, 0.4) is 0 Å². The van der Waals surface area contributed by atoms with E-state index >= 15 is 0 Å². The van der Waals surface area contributed by atoms with Crippen molar-refractivity contribution in [3.63, 3.8) is 0 Å². The summed E-state index contributed by atoms with van der Waals surface area (Å²) < 4.78 is 23.0. The van der Waals surface area contributed by atoms with Gasteiger partial charge >= 0.3 is 0 Å². The summed E-state index contributed by atoms with van der Waals surface area (Å²) in [6.45, 7) is 11.2. The summed E-state index contributed by atoms with van der Waals surface area (Å²) in [5, 5.41) is 6.46. The molecule has 6 rings (SSSR count). The first kappa shape index (κ1) is 21.1. The van der Waals surface area contributed by atoms with Gasteiger partial charge in [-0.3, -0.25) is 0 Å². The molecule has 3 heteroatoms. The van der Waals surface area contributed by atoms with Gasteiger partial charge in [-0.25, -0.2) is 8.96 Å². The molecule has 0 spiro atoms. The highest BCUT2D eigenvalue weighted by atomic mass is 19.1. The molecule has 0 saturated carbocycles. The second-order valence-corrected chi connectivity index (χ2v) is 11.0. The number of ether oxygens (including phenoxy) is 1. The van der Waals surface area contributed by atoms with Crippen molar-refractivity contribution in [3.05, 3.63) is 77.2 Å². The number of aromatic nitrogens is 1. The summed E-state index contributed by atoms with van der Waals surface area (Å²) in [5.74, 6) is 1.53. The lowest BCUT2D eigenvalue weighted by atomic mass is 9.84. The molecule has 1 aliphatic rings. The Morgan fingerprint density at radius 3 is 2.41 bits per heavy atom. The number of hydrogen-bond donors (Lipinski definition) is 0. The molecule has 1 aromatic heterocycles. The zero-order valence-corrected chi connectivity index (χ0v) is 20.6. The number of benzene rings is 4. The quantitative estimate of drug-likeness (QED) is 0.182. The number of fused-ring (bicyclic) bond motifs is 5. The van der Waals surface area contributed by atoms with E-state index in [0.29, 0.717) is 0 Å². The highest BCUT2D eigenvalue weighted by Crippen LogP contribution is 2.51. The second kappa shape index (κ2) is 7.02. The molecular formula is C31H29FNO+. The van der Waals surface area contributed by atoms with Crippen LogP contribution in [0.4, 0.5) is 4.39 Å². The number of halogens is 1. The molecule has 0 bridgehead atoms. The van der Waals surface area contributed by atoms with E-state index in [9.17, 15) is 4.39 Å². The Morgan fingerprint density at radius 2 is 1.65 bits per heavy atom. The second-order valence-electron chi connectivity index (χ2n) is 11.0. The smallest absolute Gasteiger partial charge is 0.228 e. The fraction of sp³-hybridized carbons (Fsp3) is 0.258. The fourth-order valence-electron chi connectivity index (χ4n) is 5.69. The summed E-state index contributed by atoms with van der Waals surface area (Å²) in [6.07, 6.45) is 3.11. The number of nitrogens with zero attached hydrogens (tertiary/aromatic N) is 1. The Hall–Kier alpha value is -3.46. The van der Waals surface area contributed by atoms with Crippen molar-refractivity contribution in [2.24, 2.45) is 12.5 Å². The van der Waals surface area contributed by atoms with E-state index in [1.54, 1.807) is 6.07 Å². The third-order valence-corrected chi connectivity index (χ3v) is 7.18. The van der Waals surface area contributed by atoms with Crippen LogP contribution >= 0.6 is 0 Å². The number of pyridine rings is 1. The molecule has 0 fully saturated rings. The van der Waals surface area contributed by atoms with Crippen molar-refractivity contribution in [2.45, 2.75) is 41.0 Å². The van der Waals surface area contributed by atoms with Crippen LogP contribution in [0.2, 0.25) is 0 Å². The maximum absolute atomic E-state index is 14.2. The van der Waals surface area contributed by atoms with Gasteiger partial charge in [0.1, 0.15) is 24.4 Å². The minimum atomic E-state index is -0.223. The maximum Gasteiger partial charge on any atom is 0.228 e. The van der Waals surface area contributed by atoms with Crippen molar-refractivity contribution >= 4 is 32.3 Å². The van der Waals surface area contributed by atoms with Crippen LogP contribution in [0.5, 0.6) is 11.5 Å². The van der Waals surface area contributed by atoms with Gasteiger partial charge in [0.2, 0.25) is 5.69 Å². The first-order valence-corrected chi connectivity index (χ1v) is 11.9. The van der Waals surface area contributed by atoms with Crippen molar-refractivity contribution in [3.8, 4) is 22.8 Å². The van der Waals surface area contributed by atoms with Crippen LogP contribution in [-0.2, 0) is 13.5 Å². The van der Waals surface area contributed by atoms with Crippen molar-refractivity contribution in [1.82, 2.24) is 0 Å². The Morgan fingerprint density at radius 1 is 0.853 bits per heavy atom. The monoisotopic (exact) mass is 450 g/mol. The molecule has 0 atom stereocenters. The summed E-state index contributed by atoms with van der Waals surface area (Å²) in [7, 11) is 2.08. The first-order valence-electron chi connectivity index (χ1n) is 11.9. The van der Waals surface area contributed by atoms with E-state index in [0.717, 1.165) is 56.3 Å². The first-order chi connectivity index (χ1) is 16.1. The van der Waals surface area contributed by atoms with Crippen LogP contribution < -0.4 is 9.30 Å². The van der Waals surface area contributed by atoms with Crippen molar-refractivity contribution in [2.75, 3.05) is 0 Å². The van der Waals surface area contributed by atoms with Crippen LogP contribution in [0, 0.1) is 25.1 Å². The van der Waals surface area contributed by atoms with Crippen LogP contribution in [0.25, 0.3) is 43.6 Å². The molecular weight excluding hydrogens is 421 g/mol. The molecule has 170 valence electrons. The minimum Gasteiger partial charge on any atom is -0.455 e. The average Bonchev–Trinajstić information content (AvgIpc) is 2.78.